The third-order valence-corrected chi connectivity index (χ3v) is 8.61. The van der Waals surface area contributed by atoms with Crippen LogP contribution in [-0.4, -0.2) is 47.3 Å². The van der Waals surface area contributed by atoms with Crippen molar-refractivity contribution in [1.82, 2.24) is 15.3 Å². The van der Waals surface area contributed by atoms with Crippen LogP contribution in [-0.2, 0) is 16.0 Å². The number of aromatic nitrogens is 2. The molecule has 2 N–H and O–H groups in total. The molecular weight excluding hydrogens is 410 g/mol. The number of carbonyl (C=O) groups excluding carboxylic acids is 1. The number of aliphatic hydroxyl groups excluding tert-OH is 1. The Morgan fingerprint density at radius 1 is 1.48 bits per heavy atom. The van der Waals surface area contributed by atoms with E-state index in [0.717, 1.165) is 35.5 Å². The summed E-state index contributed by atoms with van der Waals surface area (Å²) in [5, 5.41) is 15.4. The predicted octanol–water partition coefficient (Wildman–Crippen LogP) is 3.66. The highest BCUT2D eigenvalue weighted by molar-refractivity contribution is 7.15. The Morgan fingerprint density at radius 2 is 2.29 bits per heavy atom. The van der Waals surface area contributed by atoms with Crippen LogP contribution in [0.5, 0.6) is 0 Å². The van der Waals surface area contributed by atoms with Crippen molar-refractivity contribution in [3.05, 3.63) is 35.1 Å². The molecule has 6 atom stereocenters. The number of rotatable bonds is 6. The number of pyridine rings is 1. The van der Waals surface area contributed by atoms with Crippen molar-refractivity contribution >= 4 is 17.2 Å². The van der Waals surface area contributed by atoms with E-state index in [0.29, 0.717) is 13.2 Å². The highest BCUT2D eigenvalue weighted by Gasteiger charge is 2.53. The first-order valence-corrected chi connectivity index (χ1v) is 12.0. The van der Waals surface area contributed by atoms with Gasteiger partial charge in [0.05, 0.1) is 18.4 Å². The Hall–Kier alpha value is -1.83. The van der Waals surface area contributed by atoms with Gasteiger partial charge in [-0.15, -0.1) is 11.3 Å². The van der Waals surface area contributed by atoms with Gasteiger partial charge in [0, 0.05) is 48.3 Å². The first-order valence-electron chi connectivity index (χ1n) is 11.2. The number of thiazole rings is 1. The molecule has 31 heavy (non-hydrogen) atoms. The Labute approximate surface area is 188 Å². The number of hydrogen-bond donors (Lipinski definition) is 2. The number of hydrogen-bond acceptors (Lipinski definition) is 6. The molecule has 168 valence electrons. The summed E-state index contributed by atoms with van der Waals surface area (Å²) in [6.07, 6.45) is 5.93. The van der Waals surface area contributed by atoms with Gasteiger partial charge >= 0.3 is 0 Å². The molecule has 4 rings (SSSR count). The summed E-state index contributed by atoms with van der Waals surface area (Å²) < 4.78 is 5.03. The average Bonchev–Trinajstić information content (AvgIpc) is 3.18. The van der Waals surface area contributed by atoms with E-state index >= 15 is 0 Å². The molecule has 2 aliphatic carbocycles. The van der Waals surface area contributed by atoms with Crippen LogP contribution in [0.4, 0.5) is 0 Å². The second-order valence-corrected chi connectivity index (χ2v) is 10.6. The maximum absolute atomic E-state index is 12.6. The number of ether oxygens (including phenoxy) is 1. The van der Waals surface area contributed by atoms with Gasteiger partial charge in [-0.1, -0.05) is 20.8 Å². The van der Waals surface area contributed by atoms with Crippen molar-refractivity contribution in [1.29, 1.82) is 0 Å². The molecule has 6 nitrogen and oxygen atoms in total. The van der Waals surface area contributed by atoms with Crippen LogP contribution in [0.1, 0.15) is 50.1 Å². The number of carbonyl (C=O) groups is 1. The van der Waals surface area contributed by atoms with Crippen molar-refractivity contribution in [3.63, 3.8) is 0 Å². The third-order valence-electron chi connectivity index (χ3n) is 7.49. The summed E-state index contributed by atoms with van der Waals surface area (Å²) in [5.74, 6) is -0.0254. The topological polar surface area (TPSA) is 84.3 Å². The van der Waals surface area contributed by atoms with Crippen LogP contribution in [0, 0.1) is 23.2 Å². The van der Waals surface area contributed by atoms with Gasteiger partial charge in [-0.05, 0) is 48.6 Å². The van der Waals surface area contributed by atoms with Crippen LogP contribution in [0.25, 0.3) is 10.6 Å². The van der Waals surface area contributed by atoms with Crippen LogP contribution < -0.4 is 5.32 Å². The lowest BCUT2D eigenvalue weighted by Crippen LogP contribution is -2.53. The first kappa shape index (κ1) is 22.4. The lowest BCUT2D eigenvalue weighted by molar-refractivity contribution is -0.135. The van der Waals surface area contributed by atoms with Crippen LogP contribution >= 0.6 is 11.3 Å². The van der Waals surface area contributed by atoms with Crippen LogP contribution in [0.2, 0.25) is 0 Å². The van der Waals surface area contributed by atoms with Crippen molar-refractivity contribution in [3.8, 4) is 10.6 Å². The van der Waals surface area contributed by atoms with E-state index in [4.69, 9.17) is 9.72 Å². The quantitative estimate of drug-likeness (QED) is 0.666. The first-order chi connectivity index (χ1) is 14.9. The zero-order valence-electron chi connectivity index (χ0n) is 18.8. The van der Waals surface area contributed by atoms with E-state index in [1.807, 2.05) is 25.3 Å². The summed E-state index contributed by atoms with van der Waals surface area (Å²) in [5.41, 5.74) is 2.18. The predicted molar refractivity (Wildman–Crippen MR) is 122 cm³/mol. The summed E-state index contributed by atoms with van der Waals surface area (Å²) in [4.78, 5) is 23.2. The highest BCUT2D eigenvalue weighted by atomic mass is 32.1. The van der Waals surface area contributed by atoms with E-state index < -0.39 is 6.10 Å². The number of nitrogens with one attached hydrogen (secondary N) is 1. The number of methoxy groups -OCH3 is 1. The van der Waals surface area contributed by atoms with E-state index in [1.54, 1.807) is 24.6 Å². The normalized spacial score (nSPS) is 30.9. The van der Waals surface area contributed by atoms with E-state index in [9.17, 15) is 9.90 Å². The summed E-state index contributed by atoms with van der Waals surface area (Å²) in [7, 11) is 1.62. The molecule has 2 aliphatic rings. The highest BCUT2D eigenvalue weighted by Crippen LogP contribution is 2.57. The molecule has 1 saturated carbocycles. The van der Waals surface area contributed by atoms with Gasteiger partial charge in [0.2, 0.25) is 5.91 Å². The molecule has 2 heterocycles. The number of amides is 1. The van der Waals surface area contributed by atoms with Crippen molar-refractivity contribution in [2.24, 2.45) is 23.2 Å². The maximum Gasteiger partial charge on any atom is 0.223 e. The standard InChI is InChI=1S/C24H33N3O3S/c1-14(22(29)26-10-11-30-4)17-7-8-24(3)12-18-20(15(2)19(24)21(17)28)27-23(31-18)16-6-5-9-25-13-16/h5-6,9,13-15,17,19,21,28H,7-8,10-12H2,1-4H3,(H,26,29)/t14-,15+,17-,19+,21-,24+/m0/s1. The minimum absolute atomic E-state index is 0.00127. The summed E-state index contributed by atoms with van der Waals surface area (Å²) in [6, 6.07) is 3.99. The van der Waals surface area contributed by atoms with Gasteiger partial charge in [-0.25, -0.2) is 4.98 Å². The van der Waals surface area contributed by atoms with Gasteiger partial charge in [-0.2, -0.15) is 0 Å². The zero-order chi connectivity index (χ0) is 22.2. The fraction of sp³-hybridized carbons (Fsp3) is 0.625. The molecule has 0 aliphatic heterocycles. The molecule has 0 unspecified atom stereocenters. The number of aliphatic hydroxyl groups is 1. The van der Waals surface area contributed by atoms with Gasteiger partial charge in [0.25, 0.3) is 0 Å². The average molecular weight is 444 g/mol. The molecule has 0 radical (unpaired) electrons. The largest absolute Gasteiger partial charge is 0.392 e. The molecule has 0 aromatic carbocycles. The maximum atomic E-state index is 12.6. The van der Waals surface area contributed by atoms with Gasteiger partial charge < -0.3 is 15.2 Å². The number of fused-ring (bicyclic) bond motifs is 2. The van der Waals surface area contributed by atoms with Gasteiger partial charge in [-0.3, -0.25) is 9.78 Å². The molecule has 0 saturated heterocycles. The smallest absolute Gasteiger partial charge is 0.223 e. The van der Waals surface area contributed by atoms with Gasteiger partial charge in [0.1, 0.15) is 5.01 Å². The third kappa shape index (κ3) is 4.15. The minimum atomic E-state index is -0.520. The Kier molecular flexibility index (Phi) is 6.47. The molecule has 7 heteroatoms. The zero-order valence-corrected chi connectivity index (χ0v) is 19.6. The second-order valence-electron chi connectivity index (χ2n) is 9.48. The van der Waals surface area contributed by atoms with E-state index in [-0.39, 0.29) is 35.0 Å². The Bertz CT molecular complexity index is 918. The lowest BCUT2D eigenvalue weighted by atomic mass is 9.53. The fourth-order valence-corrected chi connectivity index (χ4v) is 7.14. The Balaban J connectivity index is 1.56. The Morgan fingerprint density at radius 3 is 3.00 bits per heavy atom. The molecule has 2 aromatic heterocycles. The monoisotopic (exact) mass is 443 g/mol. The molecule has 1 fully saturated rings. The van der Waals surface area contributed by atoms with Crippen molar-refractivity contribution < 1.29 is 14.6 Å². The fourth-order valence-electron chi connectivity index (χ4n) is 5.79. The lowest BCUT2D eigenvalue weighted by Gasteiger charge is -2.53. The second kappa shape index (κ2) is 8.96. The van der Waals surface area contributed by atoms with E-state index in [1.165, 1.54) is 4.88 Å². The number of nitrogens with zero attached hydrogens (tertiary/aromatic N) is 2. The molecular formula is C24H33N3O3S. The molecule has 2 aromatic rings. The SMILES string of the molecule is COCCNC(=O)[C@@H](C)[C@@H]1CC[C@]2(C)Cc3sc(-c4cccnc4)nc3[C@H](C)[C@@H]2[C@H]1O. The molecule has 0 spiro atoms. The van der Waals surface area contributed by atoms with Crippen molar-refractivity contribution in [2.75, 3.05) is 20.3 Å². The van der Waals surface area contributed by atoms with E-state index in [2.05, 4.69) is 24.1 Å². The van der Waals surface area contributed by atoms with Gasteiger partial charge in [0.15, 0.2) is 0 Å². The van der Waals surface area contributed by atoms with Crippen LogP contribution in [0.15, 0.2) is 24.5 Å². The molecule has 0 bridgehead atoms. The van der Waals surface area contributed by atoms with Crippen molar-refractivity contribution in [2.45, 2.75) is 52.1 Å². The minimum Gasteiger partial charge on any atom is -0.392 e. The molecule has 1 amide bonds. The summed E-state index contributed by atoms with van der Waals surface area (Å²) in [6.45, 7) is 7.45. The summed E-state index contributed by atoms with van der Waals surface area (Å²) >= 11 is 1.76. The van der Waals surface area contributed by atoms with Crippen LogP contribution in [0.3, 0.4) is 0 Å².